The lowest BCUT2D eigenvalue weighted by molar-refractivity contribution is 0.416. The predicted octanol–water partition coefficient (Wildman–Crippen LogP) is 4.23. The van der Waals surface area contributed by atoms with Crippen LogP contribution in [0.3, 0.4) is 0 Å². The number of methoxy groups -OCH3 is 1. The molecule has 0 fully saturated rings. The quantitative estimate of drug-likeness (QED) is 0.830. The molecule has 3 nitrogen and oxygen atoms in total. The molecule has 0 saturated carbocycles. The Morgan fingerprint density at radius 2 is 2.00 bits per heavy atom. The first-order valence-corrected chi connectivity index (χ1v) is 6.46. The first kappa shape index (κ1) is 13.7. The van der Waals surface area contributed by atoms with Gasteiger partial charge in [-0.1, -0.05) is 15.9 Å². The highest BCUT2D eigenvalue weighted by atomic mass is 79.9. The molecule has 2 aromatic carbocycles. The van der Waals surface area contributed by atoms with Crippen molar-refractivity contribution in [3.05, 3.63) is 46.2 Å². The summed E-state index contributed by atoms with van der Waals surface area (Å²) < 4.78 is 19.9. The fraction of sp³-hybridized carbons (Fsp3) is 0.143. The zero-order valence-electron chi connectivity index (χ0n) is 10.6. The highest BCUT2D eigenvalue weighted by Gasteiger charge is 2.09. The molecule has 2 aromatic rings. The number of nitrogens with one attached hydrogen (secondary N) is 1. The van der Waals surface area contributed by atoms with Gasteiger partial charge in [-0.2, -0.15) is 0 Å². The number of hydrogen-bond donors (Lipinski definition) is 2. The van der Waals surface area contributed by atoms with Crippen LogP contribution in [0.2, 0.25) is 0 Å². The maximum absolute atomic E-state index is 13.8. The summed E-state index contributed by atoms with van der Waals surface area (Å²) in [7, 11) is 1.50. The summed E-state index contributed by atoms with van der Waals surface area (Å²) in [6.45, 7) is 1.97. The van der Waals surface area contributed by atoms with Crippen molar-refractivity contribution in [3.8, 4) is 5.75 Å². The second-order valence-electron chi connectivity index (χ2n) is 4.16. The van der Waals surface area contributed by atoms with Gasteiger partial charge in [-0.05, 0) is 30.7 Å². The van der Waals surface area contributed by atoms with Crippen LogP contribution in [-0.2, 0) is 0 Å². The number of halogens is 2. The van der Waals surface area contributed by atoms with E-state index in [4.69, 9.17) is 10.5 Å². The zero-order valence-corrected chi connectivity index (χ0v) is 12.2. The molecule has 5 heteroatoms. The zero-order chi connectivity index (χ0) is 14.0. The summed E-state index contributed by atoms with van der Waals surface area (Å²) in [5.74, 6) is 0.0246. The average molecular weight is 325 g/mol. The summed E-state index contributed by atoms with van der Waals surface area (Å²) in [5, 5.41) is 3.01. The van der Waals surface area contributed by atoms with Crippen LogP contribution in [0.1, 0.15) is 5.56 Å². The summed E-state index contributed by atoms with van der Waals surface area (Å²) in [4.78, 5) is 0. The van der Waals surface area contributed by atoms with Crippen molar-refractivity contribution >= 4 is 33.0 Å². The molecular formula is C14H14BrFN2O. The second kappa shape index (κ2) is 5.48. The lowest BCUT2D eigenvalue weighted by atomic mass is 10.2. The Morgan fingerprint density at radius 3 is 2.63 bits per heavy atom. The molecule has 0 spiro atoms. The van der Waals surface area contributed by atoms with E-state index in [-0.39, 0.29) is 5.69 Å². The van der Waals surface area contributed by atoms with E-state index in [1.165, 1.54) is 13.2 Å². The van der Waals surface area contributed by atoms with Crippen molar-refractivity contribution in [3.63, 3.8) is 0 Å². The number of benzene rings is 2. The topological polar surface area (TPSA) is 47.3 Å². The standard InChI is InChI=1S/C14H14BrFN2O/c1-8-5-9(3-4-10(8)15)18-13-7-14(19-2)12(17)6-11(13)16/h3-7,18H,17H2,1-2H3. The molecule has 2 rings (SSSR count). The molecule has 0 saturated heterocycles. The Kier molecular flexibility index (Phi) is 3.95. The Bertz CT molecular complexity index is 617. The number of ether oxygens (including phenoxy) is 1. The molecule has 0 aromatic heterocycles. The molecular weight excluding hydrogens is 311 g/mol. The van der Waals surface area contributed by atoms with Gasteiger partial charge in [-0.25, -0.2) is 4.39 Å². The van der Waals surface area contributed by atoms with Crippen molar-refractivity contribution in [2.24, 2.45) is 0 Å². The van der Waals surface area contributed by atoms with Crippen molar-refractivity contribution in [1.82, 2.24) is 0 Å². The lowest BCUT2D eigenvalue weighted by Gasteiger charge is -2.12. The number of rotatable bonds is 3. The minimum atomic E-state index is -0.418. The van der Waals surface area contributed by atoms with Crippen LogP contribution in [-0.4, -0.2) is 7.11 Å². The van der Waals surface area contributed by atoms with Gasteiger partial charge in [0, 0.05) is 22.3 Å². The normalized spacial score (nSPS) is 10.3. The number of nitrogens with two attached hydrogens (primary N) is 1. The van der Waals surface area contributed by atoms with E-state index in [1.54, 1.807) is 6.07 Å². The van der Waals surface area contributed by atoms with Crippen LogP contribution >= 0.6 is 15.9 Å². The minimum Gasteiger partial charge on any atom is -0.495 e. The van der Waals surface area contributed by atoms with Gasteiger partial charge in [0.2, 0.25) is 0 Å². The molecule has 0 heterocycles. The lowest BCUT2D eigenvalue weighted by Crippen LogP contribution is -1.99. The SMILES string of the molecule is COc1cc(Nc2ccc(Br)c(C)c2)c(F)cc1N. The average Bonchev–Trinajstić information content (AvgIpc) is 2.37. The highest BCUT2D eigenvalue weighted by Crippen LogP contribution is 2.31. The Labute approximate surface area is 119 Å². The smallest absolute Gasteiger partial charge is 0.148 e. The third-order valence-electron chi connectivity index (χ3n) is 2.76. The van der Waals surface area contributed by atoms with Gasteiger partial charge in [-0.3, -0.25) is 0 Å². The third kappa shape index (κ3) is 2.98. The van der Waals surface area contributed by atoms with Crippen LogP contribution < -0.4 is 15.8 Å². The van der Waals surface area contributed by atoms with E-state index in [0.717, 1.165) is 15.7 Å². The van der Waals surface area contributed by atoms with E-state index in [0.29, 0.717) is 11.4 Å². The first-order chi connectivity index (χ1) is 9.01. The number of anilines is 3. The molecule has 0 bridgehead atoms. The molecule has 0 unspecified atom stereocenters. The Morgan fingerprint density at radius 1 is 1.26 bits per heavy atom. The molecule has 0 radical (unpaired) electrons. The Hall–Kier alpha value is -1.75. The fourth-order valence-corrected chi connectivity index (χ4v) is 1.97. The number of hydrogen-bond acceptors (Lipinski definition) is 3. The van der Waals surface area contributed by atoms with Gasteiger partial charge in [0.1, 0.15) is 11.6 Å². The minimum absolute atomic E-state index is 0.275. The molecule has 0 aliphatic rings. The first-order valence-electron chi connectivity index (χ1n) is 5.67. The van der Waals surface area contributed by atoms with E-state index in [2.05, 4.69) is 21.2 Å². The summed E-state index contributed by atoms with van der Waals surface area (Å²) in [6, 6.07) is 8.48. The largest absolute Gasteiger partial charge is 0.495 e. The Balaban J connectivity index is 2.34. The molecule has 19 heavy (non-hydrogen) atoms. The van der Waals surface area contributed by atoms with Gasteiger partial charge >= 0.3 is 0 Å². The van der Waals surface area contributed by atoms with Crippen LogP contribution in [0.5, 0.6) is 5.75 Å². The van der Waals surface area contributed by atoms with Crippen molar-refractivity contribution in [2.45, 2.75) is 6.92 Å². The third-order valence-corrected chi connectivity index (χ3v) is 3.65. The summed E-state index contributed by atoms with van der Waals surface area (Å²) >= 11 is 3.42. The van der Waals surface area contributed by atoms with E-state index >= 15 is 0 Å². The van der Waals surface area contributed by atoms with E-state index in [9.17, 15) is 4.39 Å². The molecule has 0 aliphatic carbocycles. The van der Waals surface area contributed by atoms with Crippen molar-refractivity contribution in [2.75, 3.05) is 18.2 Å². The molecule has 0 amide bonds. The van der Waals surface area contributed by atoms with Crippen LogP contribution in [0.4, 0.5) is 21.5 Å². The van der Waals surface area contributed by atoms with Crippen LogP contribution in [0.15, 0.2) is 34.8 Å². The van der Waals surface area contributed by atoms with Gasteiger partial charge in [0.25, 0.3) is 0 Å². The van der Waals surface area contributed by atoms with Gasteiger partial charge in [-0.15, -0.1) is 0 Å². The number of aryl methyl sites for hydroxylation is 1. The molecule has 3 N–H and O–H groups in total. The van der Waals surface area contributed by atoms with Crippen LogP contribution in [0.25, 0.3) is 0 Å². The molecule has 100 valence electrons. The molecule has 0 atom stereocenters. The number of nitrogen functional groups attached to an aromatic ring is 1. The van der Waals surface area contributed by atoms with Crippen molar-refractivity contribution < 1.29 is 9.13 Å². The maximum atomic E-state index is 13.8. The van der Waals surface area contributed by atoms with Crippen molar-refractivity contribution in [1.29, 1.82) is 0 Å². The monoisotopic (exact) mass is 324 g/mol. The van der Waals surface area contributed by atoms with Gasteiger partial charge in [0.15, 0.2) is 0 Å². The van der Waals surface area contributed by atoms with Gasteiger partial charge < -0.3 is 15.8 Å². The van der Waals surface area contributed by atoms with E-state index < -0.39 is 5.82 Å². The van der Waals surface area contributed by atoms with E-state index in [1.807, 2.05) is 25.1 Å². The molecule has 0 aliphatic heterocycles. The maximum Gasteiger partial charge on any atom is 0.148 e. The fourth-order valence-electron chi connectivity index (χ4n) is 1.72. The van der Waals surface area contributed by atoms with Crippen LogP contribution in [0, 0.1) is 12.7 Å². The van der Waals surface area contributed by atoms with Gasteiger partial charge in [0.05, 0.1) is 18.5 Å². The predicted molar refractivity (Wildman–Crippen MR) is 79.5 cm³/mol. The summed E-state index contributed by atoms with van der Waals surface area (Å²) in [6.07, 6.45) is 0. The second-order valence-corrected chi connectivity index (χ2v) is 5.02. The summed E-state index contributed by atoms with van der Waals surface area (Å²) in [5.41, 5.74) is 8.10. The highest BCUT2D eigenvalue weighted by molar-refractivity contribution is 9.10.